The molecule has 0 aromatic heterocycles. The number of carbonyl (C=O) groups is 1. The average molecular weight is 153 g/mol. The Balaban J connectivity index is 2.37. The number of carboxylic acid groups (broad SMARTS) is 1. The molecule has 1 unspecified atom stereocenters. The number of hydrogen-bond donors (Lipinski definition) is 2. The third kappa shape index (κ3) is 0.744. The van der Waals surface area contributed by atoms with Crippen molar-refractivity contribution < 1.29 is 9.90 Å². The summed E-state index contributed by atoms with van der Waals surface area (Å²) in [5.41, 5.74) is 0.560. The van der Waals surface area contributed by atoms with Crippen LogP contribution in [-0.2, 0) is 4.79 Å². The fourth-order valence-electron chi connectivity index (χ4n) is 2.02. The van der Waals surface area contributed by atoms with Crippen LogP contribution < -0.4 is 5.32 Å². The first kappa shape index (κ1) is 6.85. The van der Waals surface area contributed by atoms with Crippen molar-refractivity contribution in [3.05, 3.63) is 11.6 Å². The molecular weight excluding hydrogens is 142 g/mol. The van der Waals surface area contributed by atoms with Crippen LogP contribution in [0.4, 0.5) is 0 Å². The van der Waals surface area contributed by atoms with Crippen LogP contribution in [0.3, 0.4) is 0 Å². The first-order valence-corrected chi connectivity index (χ1v) is 3.89. The zero-order valence-electron chi connectivity index (χ0n) is 6.26. The van der Waals surface area contributed by atoms with Gasteiger partial charge in [0.2, 0.25) is 0 Å². The highest BCUT2D eigenvalue weighted by Gasteiger charge is 2.47. The Morgan fingerprint density at radius 1 is 1.73 bits per heavy atom. The lowest BCUT2D eigenvalue weighted by atomic mass is 9.84. The normalized spacial score (nSPS) is 35.1. The number of carboxylic acids is 1. The summed E-state index contributed by atoms with van der Waals surface area (Å²) in [6.07, 6.45) is 3.78. The molecule has 2 rings (SSSR count). The first-order chi connectivity index (χ1) is 5.26. The third-order valence-electron chi connectivity index (χ3n) is 2.73. The molecule has 0 aromatic rings. The molecule has 11 heavy (non-hydrogen) atoms. The molecule has 1 aliphatic carbocycles. The lowest BCUT2D eigenvalue weighted by Crippen LogP contribution is -2.32. The Kier molecular flexibility index (Phi) is 1.29. The molecule has 0 bridgehead atoms. The van der Waals surface area contributed by atoms with Gasteiger partial charge in [0.1, 0.15) is 5.41 Å². The van der Waals surface area contributed by atoms with E-state index in [-0.39, 0.29) is 0 Å². The number of nitrogens with one attached hydrogen (secondary N) is 1. The summed E-state index contributed by atoms with van der Waals surface area (Å²) in [5, 5.41) is 12.1. The highest BCUT2D eigenvalue weighted by atomic mass is 16.4. The predicted octanol–water partition coefficient (Wildman–Crippen LogP) is 0.381. The molecule has 60 valence electrons. The molecule has 3 nitrogen and oxygen atoms in total. The topological polar surface area (TPSA) is 49.3 Å². The van der Waals surface area contributed by atoms with Crippen LogP contribution in [0.1, 0.15) is 12.8 Å². The van der Waals surface area contributed by atoms with Crippen molar-refractivity contribution in [2.24, 2.45) is 5.41 Å². The monoisotopic (exact) mass is 153 g/mol. The van der Waals surface area contributed by atoms with Gasteiger partial charge in [-0.3, -0.25) is 4.79 Å². The van der Waals surface area contributed by atoms with Crippen molar-refractivity contribution in [1.29, 1.82) is 0 Å². The molecular formula is C8H11NO2. The van der Waals surface area contributed by atoms with Crippen LogP contribution in [0.5, 0.6) is 0 Å². The van der Waals surface area contributed by atoms with Crippen LogP contribution in [0.15, 0.2) is 11.6 Å². The van der Waals surface area contributed by atoms with Crippen LogP contribution in [-0.4, -0.2) is 24.2 Å². The lowest BCUT2D eigenvalue weighted by molar-refractivity contribution is -0.145. The maximum Gasteiger partial charge on any atom is 0.315 e. The van der Waals surface area contributed by atoms with Crippen LogP contribution in [0.25, 0.3) is 0 Å². The maximum absolute atomic E-state index is 10.9. The summed E-state index contributed by atoms with van der Waals surface area (Å²) >= 11 is 0. The predicted molar refractivity (Wildman–Crippen MR) is 40.3 cm³/mol. The second-order valence-corrected chi connectivity index (χ2v) is 3.26. The summed E-state index contributed by atoms with van der Waals surface area (Å²) in [6, 6.07) is 0. The van der Waals surface area contributed by atoms with E-state index in [9.17, 15) is 4.79 Å². The van der Waals surface area contributed by atoms with Gasteiger partial charge in [0, 0.05) is 13.1 Å². The summed E-state index contributed by atoms with van der Waals surface area (Å²) in [7, 11) is 0. The Labute approximate surface area is 65.1 Å². The van der Waals surface area contributed by atoms with E-state index in [0.29, 0.717) is 6.54 Å². The minimum absolute atomic E-state index is 0.528. The molecule has 0 amide bonds. The van der Waals surface area contributed by atoms with E-state index in [1.165, 1.54) is 0 Å². The lowest BCUT2D eigenvalue weighted by Gasteiger charge is -2.19. The highest BCUT2D eigenvalue weighted by molar-refractivity contribution is 5.80. The van der Waals surface area contributed by atoms with Crippen LogP contribution in [0, 0.1) is 5.41 Å². The van der Waals surface area contributed by atoms with Crippen molar-refractivity contribution in [2.75, 3.05) is 13.1 Å². The minimum Gasteiger partial charge on any atom is -0.481 e. The zero-order chi connectivity index (χ0) is 7.90. The average Bonchev–Trinajstić information content (AvgIpc) is 2.40. The van der Waals surface area contributed by atoms with Crippen LogP contribution in [0.2, 0.25) is 0 Å². The van der Waals surface area contributed by atoms with Gasteiger partial charge >= 0.3 is 5.97 Å². The van der Waals surface area contributed by atoms with Gasteiger partial charge in [-0.05, 0) is 18.4 Å². The molecule has 3 heteroatoms. The van der Waals surface area contributed by atoms with Gasteiger partial charge in [0.15, 0.2) is 0 Å². The van der Waals surface area contributed by atoms with E-state index in [1.54, 1.807) is 0 Å². The molecule has 0 radical (unpaired) electrons. The molecule has 0 saturated carbocycles. The van der Waals surface area contributed by atoms with Crippen molar-refractivity contribution in [1.82, 2.24) is 5.32 Å². The van der Waals surface area contributed by atoms with E-state index in [0.717, 1.165) is 25.0 Å². The molecule has 0 spiro atoms. The zero-order valence-corrected chi connectivity index (χ0v) is 6.26. The fourth-order valence-corrected chi connectivity index (χ4v) is 2.02. The maximum atomic E-state index is 10.9. The quantitative estimate of drug-likeness (QED) is 0.535. The Bertz CT molecular complexity index is 234. The van der Waals surface area contributed by atoms with E-state index < -0.39 is 11.4 Å². The fraction of sp³-hybridized carbons (Fsp3) is 0.625. The smallest absolute Gasteiger partial charge is 0.315 e. The van der Waals surface area contributed by atoms with Crippen molar-refractivity contribution in [3.63, 3.8) is 0 Å². The van der Waals surface area contributed by atoms with Gasteiger partial charge in [-0.15, -0.1) is 0 Å². The van der Waals surface area contributed by atoms with E-state index in [4.69, 9.17) is 5.11 Å². The number of hydrogen-bond acceptors (Lipinski definition) is 2. The van der Waals surface area contributed by atoms with E-state index in [2.05, 4.69) is 11.4 Å². The standard InChI is InChI=1S/C8H11NO2/c10-7(11)8-3-1-2-6(8)4-9-5-8/h2,9H,1,3-5H2,(H,10,11). The molecule has 2 N–H and O–H groups in total. The second kappa shape index (κ2) is 2.08. The van der Waals surface area contributed by atoms with Gasteiger partial charge in [-0.1, -0.05) is 6.08 Å². The van der Waals surface area contributed by atoms with Gasteiger partial charge in [0.05, 0.1) is 0 Å². The van der Waals surface area contributed by atoms with Gasteiger partial charge in [0.25, 0.3) is 0 Å². The largest absolute Gasteiger partial charge is 0.481 e. The third-order valence-corrected chi connectivity index (χ3v) is 2.73. The number of fused-ring (bicyclic) bond motifs is 1. The van der Waals surface area contributed by atoms with Crippen molar-refractivity contribution in [3.8, 4) is 0 Å². The van der Waals surface area contributed by atoms with E-state index in [1.807, 2.05) is 0 Å². The molecule has 1 atom stereocenters. The van der Waals surface area contributed by atoms with E-state index >= 15 is 0 Å². The first-order valence-electron chi connectivity index (χ1n) is 3.89. The second-order valence-electron chi connectivity index (χ2n) is 3.26. The molecule has 0 aromatic carbocycles. The Morgan fingerprint density at radius 2 is 2.55 bits per heavy atom. The molecule has 1 fully saturated rings. The van der Waals surface area contributed by atoms with Gasteiger partial charge in [-0.2, -0.15) is 0 Å². The Morgan fingerprint density at radius 3 is 3.18 bits per heavy atom. The highest BCUT2D eigenvalue weighted by Crippen LogP contribution is 2.41. The molecule has 1 saturated heterocycles. The molecule has 2 aliphatic rings. The number of aliphatic carboxylic acids is 1. The summed E-state index contributed by atoms with van der Waals surface area (Å²) < 4.78 is 0. The Hall–Kier alpha value is -0.830. The van der Waals surface area contributed by atoms with Crippen LogP contribution >= 0.6 is 0 Å². The SMILES string of the molecule is O=C(O)C12CCC=C1CNC2. The molecule has 1 aliphatic heterocycles. The van der Waals surface area contributed by atoms with Crippen molar-refractivity contribution >= 4 is 5.97 Å². The summed E-state index contributed by atoms with van der Waals surface area (Å²) in [4.78, 5) is 10.9. The molecule has 1 heterocycles. The summed E-state index contributed by atoms with van der Waals surface area (Å²) in [5.74, 6) is -0.661. The van der Waals surface area contributed by atoms with Gasteiger partial charge in [-0.25, -0.2) is 0 Å². The minimum atomic E-state index is -0.661. The van der Waals surface area contributed by atoms with Crippen molar-refractivity contribution in [2.45, 2.75) is 12.8 Å². The number of rotatable bonds is 1. The number of allylic oxidation sites excluding steroid dienone is 1. The summed E-state index contributed by atoms with van der Waals surface area (Å²) in [6.45, 7) is 1.39. The van der Waals surface area contributed by atoms with Gasteiger partial charge < -0.3 is 10.4 Å².